The van der Waals surface area contributed by atoms with Crippen molar-refractivity contribution in [2.24, 2.45) is 0 Å². The monoisotopic (exact) mass is 487 g/mol. The molecule has 4 nitrogen and oxygen atoms in total. The van der Waals surface area contributed by atoms with E-state index in [0.29, 0.717) is 11.8 Å². The van der Waals surface area contributed by atoms with Crippen molar-refractivity contribution in [2.45, 2.75) is 49.1 Å². The average Bonchev–Trinajstić information content (AvgIpc) is 2.56. The quantitative estimate of drug-likeness (QED) is 0.413. The van der Waals surface area contributed by atoms with Gasteiger partial charge in [0.05, 0.1) is 4.90 Å². The molecule has 1 atom stereocenters. The van der Waals surface area contributed by atoms with Crippen LogP contribution in [0.5, 0.6) is 5.75 Å². The summed E-state index contributed by atoms with van der Waals surface area (Å²) in [6, 6.07) is 5.20. The number of hydrogen-bond acceptors (Lipinski definition) is 4. The van der Waals surface area contributed by atoms with Gasteiger partial charge in [0.2, 0.25) is 10.0 Å². The van der Waals surface area contributed by atoms with Crippen molar-refractivity contribution in [3.8, 4) is 5.75 Å². The van der Waals surface area contributed by atoms with Crippen LogP contribution >= 0.6 is 11.8 Å². The molecule has 172 valence electrons. The summed E-state index contributed by atoms with van der Waals surface area (Å²) in [6.45, 7) is 4.66. The Kier molecular flexibility index (Phi) is 7.59. The lowest BCUT2D eigenvalue weighted by atomic mass is 10.1. The van der Waals surface area contributed by atoms with Gasteiger partial charge in [-0.25, -0.2) is 8.42 Å². The number of hydrogen-bond donors (Lipinski definition) is 1. The number of halogens is 6. The van der Waals surface area contributed by atoms with Crippen LogP contribution < -0.4 is 9.46 Å². The summed E-state index contributed by atoms with van der Waals surface area (Å²) in [7, 11) is -4.56. The molecule has 2 rings (SSSR count). The summed E-state index contributed by atoms with van der Waals surface area (Å²) in [6.07, 6.45) is -10.0. The number of thioether (sulfide) groups is 1. The molecule has 0 amide bonds. The van der Waals surface area contributed by atoms with Gasteiger partial charge in [-0.15, -0.1) is 24.9 Å². The Morgan fingerprint density at radius 3 is 2.06 bits per heavy atom. The first-order valence-electron chi connectivity index (χ1n) is 8.74. The number of para-hydroxylation sites is 1. The number of ether oxygens (including phenoxy) is 1. The predicted octanol–water partition coefficient (Wildman–Crippen LogP) is 5.51. The first-order chi connectivity index (χ1) is 14.1. The van der Waals surface area contributed by atoms with Gasteiger partial charge in [0.1, 0.15) is 11.8 Å². The van der Waals surface area contributed by atoms with Gasteiger partial charge in [0.15, 0.2) is 0 Å². The maximum atomic E-state index is 13.6. The normalized spacial score (nSPS) is 13.8. The van der Waals surface area contributed by atoms with E-state index in [9.17, 15) is 34.8 Å². The van der Waals surface area contributed by atoms with E-state index in [1.165, 1.54) is 38.1 Å². The van der Waals surface area contributed by atoms with Gasteiger partial charge >= 0.3 is 12.5 Å². The van der Waals surface area contributed by atoms with Crippen molar-refractivity contribution in [3.05, 3.63) is 53.1 Å². The third-order valence-electron chi connectivity index (χ3n) is 4.05. The zero-order valence-electron chi connectivity index (χ0n) is 16.6. The van der Waals surface area contributed by atoms with Gasteiger partial charge in [-0.1, -0.05) is 29.8 Å². The maximum Gasteiger partial charge on any atom is 0.573 e. The molecule has 0 aliphatic carbocycles. The molecule has 0 aliphatic heterocycles. The summed E-state index contributed by atoms with van der Waals surface area (Å²) in [5, 5.41) is 0. The molecule has 1 unspecified atom stereocenters. The Morgan fingerprint density at radius 2 is 1.55 bits per heavy atom. The topological polar surface area (TPSA) is 55.4 Å². The summed E-state index contributed by atoms with van der Waals surface area (Å²) in [5.74, 6) is -1.57. The second kappa shape index (κ2) is 9.29. The van der Waals surface area contributed by atoms with Crippen molar-refractivity contribution < 1.29 is 39.5 Å². The van der Waals surface area contributed by atoms with E-state index < -0.39 is 40.1 Å². The minimum absolute atomic E-state index is 0.212. The number of sulfonamides is 1. The highest BCUT2D eigenvalue weighted by molar-refractivity contribution is 7.99. The van der Waals surface area contributed by atoms with Crippen molar-refractivity contribution in [1.82, 2.24) is 4.72 Å². The minimum Gasteiger partial charge on any atom is -0.405 e. The SMILES string of the molecule is Cc1cc(C)c(S(=O)(=O)NC(CSc2ccccc2OC(F)(F)F)C(F)(F)F)c(C)c1. The predicted molar refractivity (Wildman–Crippen MR) is 105 cm³/mol. The maximum absolute atomic E-state index is 13.6. The smallest absolute Gasteiger partial charge is 0.405 e. The first kappa shape index (κ1) is 25.3. The van der Waals surface area contributed by atoms with Crippen LogP contribution in [-0.4, -0.2) is 32.8 Å². The van der Waals surface area contributed by atoms with Crippen molar-refractivity contribution in [1.29, 1.82) is 0 Å². The van der Waals surface area contributed by atoms with Crippen LogP contribution in [-0.2, 0) is 10.0 Å². The highest BCUT2D eigenvalue weighted by Gasteiger charge is 2.43. The highest BCUT2D eigenvalue weighted by atomic mass is 32.2. The van der Waals surface area contributed by atoms with E-state index in [-0.39, 0.29) is 20.9 Å². The van der Waals surface area contributed by atoms with Gasteiger partial charge in [-0.3, -0.25) is 0 Å². The molecule has 0 saturated carbocycles. The molecule has 0 bridgehead atoms. The van der Waals surface area contributed by atoms with E-state index in [4.69, 9.17) is 0 Å². The molecule has 1 N–H and O–H groups in total. The van der Waals surface area contributed by atoms with Crippen molar-refractivity contribution >= 4 is 21.8 Å². The molecule has 2 aromatic rings. The standard InChI is InChI=1S/C19H19F6NO3S2/c1-11-8-12(2)17(13(3)9-11)31(27,28)26-16(18(20,21)22)10-30-15-7-5-4-6-14(15)29-19(23,24)25/h4-9,16,26H,10H2,1-3H3. The Morgan fingerprint density at radius 1 is 1.00 bits per heavy atom. The van der Waals surface area contributed by atoms with Crippen LogP contribution in [0.3, 0.4) is 0 Å². The van der Waals surface area contributed by atoms with Crippen LogP contribution in [0.25, 0.3) is 0 Å². The molecule has 0 radical (unpaired) electrons. The van der Waals surface area contributed by atoms with Crippen LogP contribution in [0.4, 0.5) is 26.3 Å². The number of rotatable bonds is 7. The molecule has 0 heterocycles. The Hall–Kier alpha value is -1.92. The van der Waals surface area contributed by atoms with E-state index >= 15 is 0 Å². The molecule has 12 heteroatoms. The molecule has 0 saturated heterocycles. The summed E-state index contributed by atoms with van der Waals surface area (Å²) >= 11 is 0.397. The van der Waals surface area contributed by atoms with Gasteiger partial charge in [0, 0.05) is 10.6 Å². The van der Waals surface area contributed by atoms with E-state index in [2.05, 4.69) is 4.74 Å². The molecule has 0 aliphatic rings. The molecular weight excluding hydrogens is 468 g/mol. The Labute approximate surface area is 180 Å². The van der Waals surface area contributed by atoms with Gasteiger partial charge in [-0.05, 0) is 44.0 Å². The first-order valence-corrected chi connectivity index (χ1v) is 11.2. The minimum atomic E-state index is -5.03. The van der Waals surface area contributed by atoms with E-state index in [1.807, 2.05) is 0 Å². The van der Waals surface area contributed by atoms with Crippen molar-refractivity contribution in [2.75, 3.05) is 5.75 Å². The zero-order chi connectivity index (χ0) is 23.6. The fraction of sp³-hybridized carbons (Fsp3) is 0.368. The second-order valence-electron chi connectivity index (χ2n) is 6.75. The lowest BCUT2D eigenvalue weighted by Crippen LogP contribution is -2.47. The zero-order valence-corrected chi connectivity index (χ0v) is 18.2. The summed E-state index contributed by atoms with van der Waals surface area (Å²) in [5.41, 5.74) is 1.31. The number of nitrogens with one attached hydrogen (secondary N) is 1. The second-order valence-corrected chi connectivity index (χ2v) is 9.46. The fourth-order valence-corrected chi connectivity index (χ4v) is 5.81. The molecule has 2 aromatic carbocycles. The summed E-state index contributed by atoms with van der Waals surface area (Å²) < 4.78 is 109. The molecule has 31 heavy (non-hydrogen) atoms. The number of aryl methyl sites for hydroxylation is 3. The largest absolute Gasteiger partial charge is 0.573 e. The Balaban J connectivity index is 2.30. The number of benzene rings is 2. The van der Waals surface area contributed by atoms with Gasteiger partial charge in [-0.2, -0.15) is 17.9 Å². The van der Waals surface area contributed by atoms with Gasteiger partial charge < -0.3 is 4.74 Å². The average molecular weight is 487 g/mol. The third-order valence-corrected chi connectivity index (χ3v) is 6.97. The number of alkyl halides is 6. The molecular formula is C19H19F6NO3S2. The third kappa shape index (κ3) is 7.04. The van der Waals surface area contributed by atoms with Crippen LogP contribution in [0.15, 0.2) is 46.2 Å². The highest BCUT2D eigenvalue weighted by Crippen LogP contribution is 2.35. The van der Waals surface area contributed by atoms with Crippen LogP contribution in [0, 0.1) is 20.8 Å². The Bertz CT molecular complexity index is 1010. The van der Waals surface area contributed by atoms with Gasteiger partial charge in [0.25, 0.3) is 0 Å². The molecule has 0 fully saturated rings. The summed E-state index contributed by atoms with van der Waals surface area (Å²) in [4.78, 5) is -0.478. The molecule has 0 spiro atoms. The lowest BCUT2D eigenvalue weighted by molar-refractivity contribution is -0.275. The fourth-order valence-electron chi connectivity index (χ4n) is 2.98. The molecule has 0 aromatic heterocycles. The van der Waals surface area contributed by atoms with Crippen LogP contribution in [0.2, 0.25) is 0 Å². The van der Waals surface area contributed by atoms with Crippen LogP contribution in [0.1, 0.15) is 16.7 Å². The van der Waals surface area contributed by atoms with Crippen molar-refractivity contribution in [3.63, 3.8) is 0 Å². The van der Waals surface area contributed by atoms with E-state index in [0.717, 1.165) is 17.7 Å². The lowest BCUT2D eigenvalue weighted by Gasteiger charge is -2.23. The van der Waals surface area contributed by atoms with E-state index in [1.54, 1.807) is 11.6 Å².